The summed E-state index contributed by atoms with van der Waals surface area (Å²) >= 11 is 3.52. The van der Waals surface area contributed by atoms with Crippen molar-refractivity contribution in [2.75, 3.05) is 11.5 Å². The summed E-state index contributed by atoms with van der Waals surface area (Å²) in [7, 11) is 0. The van der Waals surface area contributed by atoms with Crippen LogP contribution in [0, 0.1) is 0 Å². The highest BCUT2D eigenvalue weighted by atomic mass is 79.9. The molecular weight excluding hydrogens is 548 g/mol. The summed E-state index contributed by atoms with van der Waals surface area (Å²) in [5, 5.41) is 2.27. The molecule has 1 aliphatic rings. The summed E-state index contributed by atoms with van der Waals surface area (Å²) in [6.07, 6.45) is 1.44. The van der Waals surface area contributed by atoms with Crippen molar-refractivity contribution in [2.45, 2.75) is 39.7 Å². The summed E-state index contributed by atoms with van der Waals surface area (Å²) in [5.74, 6) is -0.499. The van der Waals surface area contributed by atoms with Gasteiger partial charge in [-0.2, -0.15) is 0 Å². The minimum Gasteiger partial charge on any atom is -0.490 e. The highest BCUT2D eigenvalue weighted by Crippen LogP contribution is 2.36. The van der Waals surface area contributed by atoms with Crippen LogP contribution in [0.15, 0.2) is 76.8 Å². The average molecular weight is 577 g/mol. The van der Waals surface area contributed by atoms with Crippen LogP contribution in [0.1, 0.15) is 44.4 Å². The molecule has 1 N–H and O–H groups in total. The van der Waals surface area contributed by atoms with Gasteiger partial charge in [0, 0.05) is 4.47 Å². The zero-order valence-electron chi connectivity index (χ0n) is 21.7. The Morgan fingerprint density at radius 1 is 0.921 bits per heavy atom. The molecule has 0 unspecified atom stereocenters. The Morgan fingerprint density at radius 3 is 2.21 bits per heavy atom. The van der Waals surface area contributed by atoms with Gasteiger partial charge in [-0.3, -0.25) is 14.9 Å². The van der Waals surface area contributed by atoms with Gasteiger partial charge in [0.15, 0.2) is 11.5 Å². The minimum absolute atomic E-state index is 0.0881. The van der Waals surface area contributed by atoms with Gasteiger partial charge < -0.3 is 9.47 Å². The molecule has 1 heterocycles. The molecule has 1 aliphatic heterocycles. The number of benzene rings is 3. The second-order valence-corrected chi connectivity index (χ2v) is 10.6. The molecule has 7 nitrogen and oxygen atoms in total. The van der Waals surface area contributed by atoms with E-state index in [4.69, 9.17) is 9.47 Å². The van der Waals surface area contributed by atoms with Gasteiger partial charge in [-0.25, -0.2) is 9.69 Å². The normalized spacial score (nSPS) is 15.0. The van der Waals surface area contributed by atoms with Crippen LogP contribution in [0.25, 0.3) is 6.08 Å². The Hall–Kier alpha value is -3.91. The van der Waals surface area contributed by atoms with Crippen LogP contribution >= 0.6 is 15.9 Å². The van der Waals surface area contributed by atoms with Gasteiger partial charge in [0.25, 0.3) is 11.8 Å². The van der Waals surface area contributed by atoms with E-state index >= 15 is 0 Å². The van der Waals surface area contributed by atoms with E-state index in [0.717, 1.165) is 16.0 Å². The first-order valence-corrected chi connectivity index (χ1v) is 13.0. The van der Waals surface area contributed by atoms with Gasteiger partial charge in [-0.15, -0.1) is 0 Å². The van der Waals surface area contributed by atoms with E-state index in [9.17, 15) is 14.4 Å². The van der Waals surface area contributed by atoms with Crippen LogP contribution in [0.2, 0.25) is 0 Å². The SMILES string of the molecule is CCOc1cc(C=C2C(=O)NC(=O)N(c3ccc(C(C)(C)C)cc3)C2=O)c(Br)cc1OCc1ccccc1. The largest absolute Gasteiger partial charge is 0.490 e. The zero-order chi connectivity index (χ0) is 27.4. The fourth-order valence-electron chi connectivity index (χ4n) is 3.94. The van der Waals surface area contributed by atoms with Crippen LogP contribution in [-0.2, 0) is 21.6 Å². The third-order valence-corrected chi connectivity index (χ3v) is 6.68. The number of halogens is 1. The van der Waals surface area contributed by atoms with Gasteiger partial charge in [0.2, 0.25) is 0 Å². The Balaban J connectivity index is 1.65. The van der Waals surface area contributed by atoms with Crippen LogP contribution < -0.4 is 19.7 Å². The molecule has 0 aliphatic carbocycles. The first kappa shape index (κ1) is 27.1. The fraction of sp³-hybridized carbons (Fsp3) is 0.233. The number of rotatable bonds is 7. The van der Waals surface area contributed by atoms with E-state index in [-0.39, 0.29) is 11.0 Å². The monoisotopic (exact) mass is 576 g/mol. The summed E-state index contributed by atoms with van der Waals surface area (Å²) < 4.78 is 12.4. The number of urea groups is 1. The van der Waals surface area contributed by atoms with Gasteiger partial charge in [-0.05, 0) is 59.4 Å². The Labute approximate surface area is 230 Å². The van der Waals surface area contributed by atoms with E-state index in [1.807, 2.05) is 49.4 Å². The molecule has 3 aromatic carbocycles. The van der Waals surface area contributed by atoms with Crippen LogP contribution in [0.5, 0.6) is 11.5 Å². The van der Waals surface area contributed by atoms with Gasteiger partial charge in [-0.1, -0.05) is 79.2 Å². The lowest BCUT2D eigenvalue weighted by Gasteiger charge is -2.27. The second kappa shape index (κ2) is 11.2. The maximum Gasteiger partial charge on any atom is 0.335 e. The van der Waals surface area contributed by atoms with Crippen molar-refractivity contribution in [1.29, 1.82) is 0 Å². The summed E-state index contributed by atoms with van der Waals surface area (Å²) in [6, 6.07) is 19.5. The predicted octanol–water partition coefficient (Wildman–Crippen LogP) is 6.39. The van der Waals surface area contributed by atoms with E-state index in [0.29, 0.717) is 40.4 Å². The first-order valence-electron chi connectivity index (χ1n) is 12.2. The van der Waals surface area contributed by atoms with E-state index in [1.54, 1.807) is 24.3 Å². The van der Waals surface area contributed by atoms with Crippen molar-refractivity contribution >= 4 is 45.5 Å². The van der Waals surface area contributed by atoms with Crippen molar-refractivity contribution < 1.29 is 23.9 Å². The van der Waals surface area contributed by atoms with Gasteiger partial charge in [0.05, 0.1) is 12.3 Å². The molecule has 0 radical (unpaired) electrons. The predicted molar refractivity (Wildman–Crippen MR) is 150 cm³/mol. The lowest BCUT2D eigenvalue weighted by Crippen LogP contribution is -2.54. The highest BCUT2D eigenvalue weighted by Gasteiger charge is 2.37. The molecule has 0 atom stereocenters. The van der Waals surface area contributed by atoms with Crippen molar-refractivity contribution in [2.24, 2.45) is 0 Å². The summed E-state index contributed by atoms with van der Waals surface area (Å²) in [5.41, 5.74) is 2.69. The van der Waals surface area contributed by atoms with Crippen molar-refractivity contribution in [3.05, 3.63) is 93.5 Å². The quantitative estimate of drug-likeness (QED) is 0.260. The average Bonchev–Trinajstić information content (AvgIpc) is 2.87. The van der Waals surface area contributed by atoms with E-state index in [2.05, 4.69) is 42.0 Å². The minimum atomic E-state index is -0.792. The fourth-order valence-corrected chi connectivity index (χ4v) is 4.37. The Morgan fingerprint density at radius 2 is 1.58 bits per heavy atom. The molecule has 4 amide bonds. The molecule has 38 heavy (non-hydrogen) atoms. The number of anilines is 1. The Bertz CT molecular complexity index is 1390. The number of amides is 4. The summed E-state index contributed by atoms with van der Waals surface area (Å²) in [6.45, 7) is 8.82. The number of carbonyl (C=O) groups excluding carboxylic acids is 3. The molecule has 0 aromatic heterocycles. The number of hydrogen-bond donors (Lipinski definition) is 1. The number of barbiturate groups is 1. The molecule has 8 heteroatoms. The third-order valence-electron chi connectivity index (χ3n) is 5.99. The van der Waals surface area contributed by atoms with Gasteiger partial charge >= 0.3 is 6.03 Å². The smallest absolute Gasteiger partial charge is 0.335 e. The maximum atomic E-state index is 13.4. The standard InChI is InChI=1S/C30H29BrN2O5/c1-5-37-25-16-20(24(31)17-26(25)38-18-19-9-7-6-8-10-19)15-23-27(34)32-29(36)33(28(23)35)22-13-11-21(12-14-22)30(2,3)4/h6-17H,5,18H2,1-4H3,(H,32,34,36). The number of nitrogens with zero attached hydrogens (tertiary/aromatic N) is 1. The maximum absolute atomic E-state index is 13.4. The molecular formula is C30H29BrN2O5. The van der Waals surface area contributed by atoms with Crippen LogP contribution in [-0.4, -0.2) is 24.5 Å². The highest BCUT2D eigenvalue weighted by molar-refractivity contribution is 9.10. The first-order chi connectivity index (χ1) is 18.1. The topological polar surface area (TPSA) is 84.9 Å². The Kier molecular flexibility index (Phi) is 8.02. The summed E-state index contributed by atoms with van der Waals surface area (Å²) in [4.78, 5) is 39.7. The van der Waals surface area contributed by atoms with Crippen LogP contribution in [0.4, 0.5) is 10.5 Å². The zero-order valence-corrected chi connectivity index (χ0v) is 23.3. The number of carbonyl (C=O) groups is 3. The van der Waals surface area contributed by atoms with Gasteiger partial charge in [0.1, 0.15) is 12.2 Å². The van der Waals surface area contributed by atoms with Crippen molar-refractivity contribution in [1.82, 2.24) is 5.32 Å². The third kappa shape index (κ3) is 5.97. The number of ether oxygens (including phenoxy) is 2. The van der Waals surface area contributed by atoms with Crippen LogP contribution in [0.3, 0.4) is 0 Å². The second-order valence-electron chi connectivity index (χ2n) is 9.78. The molecule has 3 aromatic rings. The molecule has 0 spiro atoms. The molecule has 0 bridgehead atoms. The molecule has 1 fully saturated rings. The number of hydrogen-bond acceptors (Lipinski definition) is 5. The van der Waals surface area contributed by atoms with Crippen molar-refractivity contribution in [3.8, 4) is 11.5 Å². The lowest BCUT2D eigenvalue weighted by atomic mass is 9.87. The molecule has 1 saturated heterocycles. The lowest BCUT2D eigenvalue weighted by molar-refractivity contribution is -0.122. The molecule has 196 valence electrons. The van der Waals surface area contributed by atoms with E-state index in [1.165, 1.54) is 6.08 Å². The molecule has 0 saturated carbocycles. The number of nitrogens with one attached hydrogen (secondary N) is 1. The van der Waals surface area contributed by atoms with Crippen molar-refractivity contribution in [3.63, 3.8) is 0 Å². The van der Waals surface area contributed by atoms with E-state index < -0.39 is 17.8 Å². The molecule has 4 rings (SSSR count). The number of imide groups is 2.